The highest BCUT2D eigenvalue weighted by molar-refractivity contribution is 5.89. The molecule has 0 radical (unpaired) electrons. The van der Waals surface area contributed by atoms with Crippen LogP contribution in [0.25, 0.3) is 51.9 Å². The van der Waals surface area contributed by atoms with E-state index in [0.29, 0.717) is 0 Å². The summed E-state index contributed by atoms with van der Waals surface area (Å²) < 4.78 is 0. The van der Waals surface area contributed by atoms with Crippen molar-refractivity contribution in [2.45, 2.75) is 0 Å². The fourth-order valence-electron chi connectivity index (χ4n) is 4.04. The molecule has 9 heteroatoms. The predicted molar refractivity (Wildman–Crippen MR) is 158 cm³/mol. The number of fused-ring (bicyclic) bond motifs is 8. The maximum absolute atomic E-state index is 4.79. The summed E-state index contributed by atoms with van der Waals surface area (Å²) in [6.07, 6.45) is 14.7. The van der Waals surface area contributed by atoms with Gasteiger partial charge in [0.25, 0.3) is 0 Å². The van der Waals surface area contributed by atoms with Gasteiger partial charge in [0.1, 0.15) is 0 Å². The summed E-state index contributed by atoms with van der Waals surface area (Å²) in [6, 6.07) is 14.6. The minimum Gasteiger partial charge on any atom is -0.377 e. The quantitative estimate of drug-likeness (QED) is 0.233. The number of aromatic amines is 2. The first kappa shape index (κ1) is 28.3. The fraction of sp³-hybridized carbons (Fsp3) is 0.0769. The van der Waals surface area contributed by atoms with Crippen LogP contribution in [0.5, 0.6) is 0 Å². The second-order valence-corrected chi connectivity index (χ2v) is 8.00. The van der Waals surface area contributed by atoms with E-state index < -0.39 is 0 Å². The first-order valence-corrected chi connectivity index (χ1v) is 10.4. The van der Waals surface area contributed by atoms with Crippen molar-refractivity contribution in [3.05, 3.63) is 89.2 Å². The molecule has 0 unspecified atom stereocenters. The summed E-state index contributed by atoms with van der Waals surface area (Å²) in [5, 5.41) is 0. The molecule has 0 saturated carbocycles. The van der Waals surface area contributed by atoms with E-state index in [1.165, 1.54) is 11.1 Å². The second-order valence-electron chi connectivity index (χ2n) is 8.00. The molecule has 3 aromatic rings. The van der Waals surface area contributed by atoms with Crippen molar-refractivity contribution in [3.8, 4) is 0 Å². The van der Waals surface area contributed by atoms with Gasteiger partial charge < -0.3 is 14.9 Å². The molecule has 0 spiro atoms. The molecule has 0 aromatic carbocycles. The van der Waals surface area contributed by atoms with Crippen molar-refractivity contribution in [1.29, 1.82) is 0 Å². The van der Waals surface area contributed by atoms with Crippen LogP contribution in [0.4, 0.5) is 0 Å². The van der Waals surface area contributed by atoms with Crippen LogP contribution in [0.3, 0.4) is 0 Å². The monoisotopic (exact) mass is 547 g/mol. The average Bonchev–Trinajstić information content (AvgIpc) is 3.54. The summed E-state index contributed by atoms with van der Waals surface area (Å²) >= 11 is 0. The van der Waals surface area contributed by atoms with Crippen LogP contribution >= 0.6 is 49.6 Å². The number of likely N-dealkylation sites (N-methyl/N-ethyl adjacent to an activating group) is 1. The molecule has 8 bridgehead atoms. The normalized spacial score (nSPS) is 13.2. The van der Waals surface area contributed by atoms with Crippen LogP contribution < -0.4 is 0 Å². The van der Waals surface area contributed by atoms with E-state index in [0.717, 1.165) is 51.4 Å². The van der Waals surface area contributed by atoms with E-state index in [1.54, 1.807) is 0 Å². The van der Waals surface area contributed by atoms with Gasteiger partial charge in [-0.25, -0.2) is 9.97 Å². The molecule has 2 N–H and O–H groups in total. The van der Waals surface area contributed by atoms with E-state index in [2.05, 4.69) is 88.8 Å². The third-order valence-electron chi connectivity index (χ3n) is 5.59. The van der Waals surface area contributed by atoms with Crippen molar-refractivity contribution in [3.63, 3.8) is 0 Å². The number of aromatic nitrogens is 4. The molecule has 6 rings (SSSR count). The lowest BCUT2D eigenvalue weighted by Gasteiger charge is -2.16. The minimum absolute atomic E-state index is 0. The van der Waals surface area contributed by atoms with E-state index in [-0.39, 0.29) is 49.6 Å². The lowest BCUT2D eigenvalue weighted by atomic mass is 10.0. The van der Waals surface area contributed by atoms with Gasteiger partial charge in [-0.05, 0) is 84.6 Å². The van der Waals surface area contributed by atoms with E-state index in [4.69, 9.17) is 9.97 Å². The molecule has 0 amide bonds. The molecule has 0 atom stereocenters. The fourth-order valence-corrected chi connectivity index (χ4v) is 4.04. The first-order valence-electron chi connectivity index (χ1n) is 10.4. The Bertz CT molecular complexity index is 1490. The number of nitrogens with zero attached hydrogens (tertiary/aromatic N) is 3. The van der Waals surface area contributed by atoms with Crippen molar-refractivity contribution in [2.75, 3.05) is 13.6 Å². The molecule has 6 heterocycles. The number of halogens is 4. The van der Waals surface area contributed by atoms with Crippen LogP contribution in [0.2, 0.25) is 0 Å². The maximum atomic E-state index is 4.79. The van der Waals surface area contributed by atoms with Gasteiger partial charge in [-0.2, -0.15) is 0 Å². The van der Waals surface area contributed by atoms with Crippen molar-refractivity contribution < 1.29 is 0 Å². The molecule has 3 aliphatic heterocycles. The molecular formula is C26H25Cl4N5. The number of H-pyrrole nitrogens is 2. The SMILES string of the molecule is CN1C=CC(c2cc3cc4nc(cc5ccc(cc6nc(cc2[nH]3)C=C6)[nH]5)C=C4)=CC1.Cl.Cl.Cl.Cl. The van der Waals surface area contributed by atoms with Gasteiger partial charge in [0.2, 0.25) is 0 Å². The van der Waals surface area contributed by atoms with Crippen molar-refractivity contribution >= 4 is 102 Å². The Hall–Kier alpha value is -2.96. The maximum Gasteiger partial charge on any atom is 0.0658 e. The minimum atomic E-state index is 0. The van der Waals surface area contributed by atoms with Crippen molar-refractivity contribution in [1.82, 2.24) is 24.8 Å². The number of rotatable bonds is 1. The molecule has 3 aliphatic rings. The summed E-state index contributed by atoms with van der Waals surface area (Å²) in [6.45, 7) is 0.894. The third kappa shape index (κ3) is 6.00. The summed E-state index contributed by atoms with van der Waals surface area (Å²) in [7, 11) is 2.08. The molecule has 5 nitrogen and oxygen atoms in total. The molecule has 0 aliphatic carbocycles. The molecule has 35 heavy (non-hydrogen) atoms. The number of allylic oxidation sites excluding steroid dienone is 2. The second kappa shape index (κ2) is 11.6. The largest absolute Gasteiger partial charge is 0.377 e. The predicted octanol–water partition coefficient (Wildman–Crippen LogP) is 7.19. The van der Waals surface area contributed by atoms with Gasteiger partial charge >= 0.3 is 0 Å². The molecule has 3 aromatic heterocycles. The van der Waals surface area contributed by atoms with Gasteiger partial charge in [0, 0.05) is 41.2 Å². The Labute approximate surface area is 228 Å². The number of hydrogen-bond donors (Lipinski definition) is 2. The Morgan fingerprint density at radius 1 is 0.657 bits per heavy atom. The van der Waals surface area contributed by atoms with E-state index in [1.807, 2.05) is 18.2 Å². The van der Waals surface area contributed by atoms with Crippen LogP contribution in [0, 0.1) is 0 Å². The summed E-state index contributed by atoms with van der Waals surface area (Å²) in [5.41, 5.74) is 10.2. The summed E-state index contributed by atoms with van der Waals surface area (Å²) in [5.74, 6) is 0. The van der Waals surface area contributed by atoms with Crippen molar-refractivity contribution in [2.24, 2.45) is 0 Å². The van der Waals surface area contributed by atoms with Gasteiger partial charge in [-0.1, -0.05) is 6.08 Å². The third-order valence-corrected chi connectivity index (χ3v) is 5.59. The number of hydrogen-bond acceptors (Lipinski definition) is 3. The standard InChI is InChI=1S/C26H21N5.4ClH/c1-31-10-8-17(9-11-31)25-15-24-14-22-5-4-20(28-22)12-18-2-3-19(27-18)13-21-6-7-23(29-21)16-26(25)30-24;;;;/h2-10,12-16,27,30H,11H2,1H3;4*1H. The van der Waals surface area contributed by atoms with Gasteiger partial charge in [-0.15, -0.1) is 49.6 Å². The van der Waals surface area contributed by atoms with Crippen LogP contribution in [0.1, 0.15) is 28.3 Å². The molecule has 0 saturated heterocycles. The van der Waals surface area contributed by atoms with Crippen LogP contribution in [0.15, 0.2) is 60.8 Å². The topological polar surface area (TPSA) is 60.6 Å². The molecular weight excluding hydrogens is 524 g/mol. The van der Waals surface area contributed by atoms with Gasteiger partial charge in [-0.3, -0.25) is 0 Å². The number of nitrogens with one attached hydrogen (secondary N) is 2. The lowest BCUT2D eigenvalue weighted by Crippen LogP contribution is -2.13. The lowest BCUT2D eigenvalue weighted by molar-refractivity contribution is 0.506. The first-order chi connectivity index (χ1) is 15.2. The average molecular weight is 549 g/mol. The smallest absolute Gasteiger partial charge is 0.0658 e. The zero-order valence-corrected chi connectivity index (χ0v) is 22.0. The van der Waals surface area contributed by atoms with Crippen LogP contribution in [-0.2, 0) is 0 Å². The van der Waals surface area contributed by atoms with Gasteiger partial charge in [0.05, 0.1) is 22.8 Å². The summed E-state index contributed by atoms with van der Waals surface area (Å²) in [4.78, 5) is 18.7. The zero-order valence-electron chi connectivity index (χ0n) is 18.8. The molecule has 0 fully saturated rings. The molecule has 182 valence electrons. The zero-order chi connectivity index (χ0) is 20.8. The van der Waals surface area contributed by atoms with Gasteiger partial charge in [0.15, 0.2) is 0 Å². The Morgan fingerprint density at radius 2 is 1.20 bits per heavy atom. The Balaban J connectivity index is 0.00000108. The van der Waals surface area contributed by atoms with E-state index >= 15 is 0 Å². The highest BCUT2D eigenvalue weighted by Crippen LogP contribution is 2.27. The Kier molecular flexibility index (Phi) is 9.41. The highest BCUT2D eigenvalue weighted by atomic mass is 35.5. The Morgan fingerprint density at radius 3 is 1.74 bits per heavy atom. The van der Waals surface area contributed by atoms with E-state index in [9.17, 15) is 0 Å². The highest BCUT2D eigenvalue weighted by Gasteiger charge is 2.10. The van der Waals surface area contributed by atoms with Crippen LogP contribution in [-0.4, -0.2) is 38.4 Å².